The number of rotatable bonds is 4. The van der Waals surface area contributed by atoms with E-state index in [1.807, 2.05) is 18.2 Å². The minimum absolute atomic E-state index is 0.511. The van der Waals surface area contributed by atoms with Crippen LogP contribution in [0.3, 0.4) is 0 Å². The number of halogens is 2. The van der Waals surface area contributed by atoms with Gasteiger partial charge in [0.25, 0.3) is 0 Å². The third kappa shape index (κ3) is 3.05. The normalized spacial score (nSPS) is 12.7. The highest BCUT2D eigenvalue weighted by molar-refractivity contribution is 7.09. The molecule has 0 bridgehead atoms. The van der Waals surface area contributed by atoms with E-state index in [1.54, 1.807) is 11.3 Å². The number of thiazole rings is 1. The van der Waals surface area contributed by atoms with Gasteiger partial charge in [0.2, 0.25) is 0 Å². The maximum atomic E-state index is 6.17. The van der Waals surface area contributed by atoms with Crippen molar-refractivity contribution in [3.05, 3.63) is 49.9 Å². The van der Waals surface area contributed by atoms with E-state index in [0.717, 1.165) is 17.0 Å². The summed E-state index contributed by atoms with van der Waals surface area (Å²) < 4.78 is 0. The fourth-order valence-corrected chi connectivity index (χ4v) is 3.15. The molecular formula is C14H15Cl2NS. The van der Waals surface area contributed by atoms with E-state index < -0.39 is 0 Å². The Labute approximate surface area is 122 Å². The summed E-state index contributed by atoms with van der Waals surface area (Å²) in [5.74, 6) is 0.511. The first kappa shape index (κ1) is 13.9. The minimum atomic E-state index is 0.511. The van der Waals surface area contributed by atoms with Crippen LogP contribution in [0.4, 0.5) is 0 Å². The van der Waals surface area contributed by atoms with E-state index in [9.17, 15) is 0 Å². The van der Waals surface area contributed by atoms with Gasteiger partial charge >= 0.3 is 0 Å². The molecular weight excluding hydrogens is 285 g/mol. The van der Waals surface area contributed by atoms with Crippen molar-refractivity contribution in [2.75, 3.05) is 0 Å². The maximum absolute atomic E-state index is 6.17. The van der Waals surface area contributed by atoms with Gasteiger partial charge in [-0.25, -0.2) is 4.98 Å². The molecule has 96 valence electrons. The molecule has 2 aromatic rings. The van der Waals surface area contributed by atoms with Crippen molar-refractivity contribution in [2.45, 2.75) is 32.6 Å². The second kappa shape index (κ2) is 6.05. The largest absolute Gasteiger partial charge is 0.246 e. The predicted octanol–water partition coefficient (Wildman–Crippen LogP) is 5.55. The SMILES string of the molecule is CCC(C)c1csc(Cc2c(Cl)cccc2Cl)n1. The summed E-state index contributed by atoms with van der Waals surface area (Å²) in [6, 6.07) is 5.60. The van der Waals surface area contributed by atoms with Crippen LogP contribution in [0.25, 0.3) is 0 Å². The summed E-state index contributed by atoms with van der Waals surface area (Å²) in [6.07, 6.45) is 1.82. The van der Waals surface area contributed by atoms with E-state index >= 15 is 0 Å². The molecule has 0 aliphatic carbocycles. The lowest BCUT2D eigenvalue weighted by molar-refractivity contribution is 0.710. The van der Waals surface area contributed by atoms with E-state index in [1.165, 1.54) is 5.69 Å². The number of hydrogen-bond donors (Lipinski definition) is 0. The van der Waals surface area contributed by atoms with Crippen LogP contribution < -0.4 is 0 Å². The topological polar surface area (TPSA) is 12.9 Å². The predicted molar refractivity (Wildman–Crippen MR) is 80.1 cm³/mol. The molecule has 0 radical (unpaired) electrons. The Bertz CT molecular complexity index is 516. The summed E-state index contributed by atoms with van der Waals surface area (Å²) in [6.45, 7) is 4.37. The molecule has 4 heteroatoms. The molecule has 0 aliphatic heterocycles. The van der Waals surface area contributed by atoms with Crippen molar-refractivity contribution in [3.63, 3.8) is 0 Å². The van der Waals surface area contributed by atoms with Crippen LogP contribution in [-0.2, 0) is 6.42 Å². The third-order valence-electron chi connectivity index (χ3n) is 3.08. The molecule has 0 fully saturated rings. The number of nitrogens with zero attached hydrogens (tertiary/aromatic N) is 1. The van der Waals surface area contributed by atoms with Crippen molar-refractivity contribution >= 4 is 34.5 Å². The summed E-state index contributed by atoms with van der Waals surface area (Å²) >= 11 is 14.0. The molecule has 0 spiro atoms. The van der Waals surface area contributed by atoms with Gasteiger partial charge in [-0.3, -0.25) is 0 Å². The summed E-state index contributed by atoms with van der Waals surface area (Å²) in [7, 11) is 0. The summed E-state index contributed by atoms with van der Waals surface area (Å²) in [4.78, 5) is 4.66. The van der Waals surface area contributed by atoms with Crippen molar-refractivity contribution in [3.8, 4) is 0 Å². The van der Waals surface area contributed by atoms with Gasteiger partial charge in [-0.15, -0.1) is 11.3 Å². The van der Waals surface area contributed by atoms with Crippen LogP contribution in [0.2, 0.25) is 10.0 Å². The highest BCUT2D eigenvalue weighted by Gasteiger charge is 2.11. The minimum Gasteiger partial charge on any atom is -0.246 e. The molecule has 1 nitrogen and oxygen atoms in total. The fourth-order valence-electron chi connectivity index (χ4n) is 1.69. The first-order valence-corrected chi connectivity index (χ1v) is 7.62. The van der Waals surface area contributed by atoms with Gasteiger partial charge < -0.3 is 0 Å². The lowest BCUT2D eigenvalue weighted by Crippen LogP contribution is -1.94. The maximum Gasteiger partial charge on any atom is 0.0973 e. The van der Waals surface area contributed by atoms with Gasteiger partial charge in [0.1, 0.15) is 0 Å². The Hall–Kier alpha value is -0.570. The van der Waals surface area contributed by atoms with Gasteiger partial charge in [-0.05, 0) is 30.0 Å². The molecule has 0 amide bonds. The van der Waals surface area contributed by atoms with Crippen LogP contribution in [-0.4, -0.2) is 4.98 Å². The molecule has 2 rings (SSSR count). The summed E-state index contributed by atoms with van der Waals surface area (Å²) in [5, 5.41) is 4.62. The van der Waals surface area contributed by atoms with E-state index in [2.05, 4.69) is 24.2 Å². The Morgan fingerprint density at radius 1 is 1.28 bits per heavy atom. The average Bonchev–Trinajstić information content (AvgIpc) is 2.81. The Morgan fingerprint density at radius 2 is 1.94 bits per heavy atom. The van der Waals surface area contributed by atoms with Crippen LogP contribution in [0.1, 0.15) is 42.5 Å². The van der Waals surface area contributed by atoms with Crippen LogP contribution in [0, 0.1) is 0 Å². The third-order valence-corrected chi connectivity index (χ3v) is 4.65. The van der Waals surface area contributed by atoms with Crippen molar-refractivity contribution in [1.82, 2.24) is 4.98 Å². The molecule has 1 atom stereocenters. The van der Waals surface area contributed by atoms with Crippen LogP contribution in [0.5, 0.6) is 0 Å². The zero-order chi connectivity index (χ0) is 13.1. The molecule has 1 unspecified atom stereocenters. The standard InChI is InChI=1S/C14H15Cl2NS/c1-3-9(2)13-8-18-14(17-13)7-10-11(15)5-4-6-12(10)16/h4-6,8-9H,3,7H2,1-2H3. The van der Waals surface area contributed by atoms with Gasteiger partial charge in [0, 0.05) is 21.8 Å². The monoisotopic (exact) mass is 299 g/mol. The molecule has 1 aromatic heterocycles. The van der Waals surface area contributed by atoms with Crippen LogP contribution in [0.15, 0.2) is 23.6 Å². The van der Waals surface area contributed by atoms with Crippen molar-refractivity contribution in [1.29, 1.82) is 0 Å². The first-order chi connectivity index (χ1) is 8.61. The zero-order valence-corrected chi connectivity index (χ0v) is 12.7. The van der Waals surface area contributed by atoms with E-state index in [0.29, 0.717) is 22.4 Å². The van der Waals surface area contributed by atoms with Gasteiger partial charge in [-0.2, -0.15) is 0 Å². The molecule has 1 aromatic carbocycles. The number of hydrogen-bond acceptors (Lipinski definition) is 2. The molecule has 18 heavy (non-hydrogen) atoms. The second-order valence-electron chi connectivity index (χ2n) is 4.35. The molecule has 0 N–H and O–H groups in total. The highest BCUT2D eigenvalue weighted by Crippen LogP contribution is 2.29. The van der Waals surface area contributed by atoms with Crippen molar-refractivity contribution in [2.24, 2.45) is 0 Å². The quantitative estimate of drug-likeness (QED) is 0.721. The van der Waals surface area contributed by atoms with E-state index in [4.69, 9.17) is 23.2 Å². The van der Waals surface area contributed by atoms with Crippen molar-refractivity contribution < 1.29 is 0 Å². The van der Waals surface area contributed by atoms with Gasteiger partial charge in [0.05, 0.1) is 10.7 Å². The summed E-state index contributed by atoms with van der Waals surface area (Å²) in [5.41, 5.74) is 2.13. The lowest BCUT2D eigenvalue weighted by Gasteiger charge is -2.05. The van der Waals surface area contributed by atoms with Gasteiger partial charge in [-0.1, -0.05) is 43.1 Å². The molecule has 0 saturated carbocycles. The number of benzene rings is 1. The smallest absolute Gasteiger partial charge is 0.0973 e. The Morgan fingerprint density at radius 3 is 2.56 bits per heavy atom. The molecule has 1 heterocycles. The van der Waals surface area contributed by atoms with E-state index in [-0.39, 0.29) is 0 Å². The molecule has 0 saturated heterocycles. The second-order valence-corrected chi connectivity index (χ2v) is 6.11. The number of aromatic nitrogens is 1. The average molecular weight is 300 g/mol. The fraction of sp³-hybridized carbons (Fsp3) is 0.357. The lowest BCUT2D eigenvalue weighted by atomic mass is 10.1. The highest BCUT2D eigenvalue weighted by atomic mass is 35.5. The van der Waals surface area contributed by atoms with Crippen LogP contribution >= 0.6 is 34.5 Å². The zero-order valence-electron chi connectivity index (χ0n) is 10.4. The Kier molecular flexibility index (Phi) is 4.66. The Balaban J connectivity index is 2.21. The molecule has 0 aliphatic rings. The van der Waals surface area contributed by atoms with Gasteiger partial charge in [0.15, 0.2) is 0 Å². The first-order valence-electron chi connectivity index (χ1n) is 5.99.